The van der Waals surface area contributed by atoms with Crippen LogP contribution in [0.4, 0.5) is 15.8 Å². The molecule has 2 aliphatic carbocycles. The summed E-state index contributed by atoms with van der Waals surface area (Å²) in [7, 11) is 0. The number of fused-ring (bicyclic) bond motifs is 2. The predicted molar refractivity (Wildman–Crippen MR) is 125 cm³/mol. The van der Waals surface area contributed by atoms with E-state index in [1.165, 1.54) is 30.3 Å². The molecule has 4 aliphatic rings. The molecular formula is C24H29FN6O. The average Bonchev–Trinajstić information content (AvgIpc) is 3.47. The van der Waals surface area contributed by atoms with Crippen LogP contribution >= 0.6 is 0 Å². The number of aryl methyl sites for hydroxylation is 1. The average molecular weight is 437 g/mol. The van der Waals surface area contributed by atoms with Gasteiger partial charge < -0.3 is 21.3 Å². The van der Waals surface area contributed by atoms with Crippen LogP contribution in [0.25, 0.3) is 0 Å². The van der Waals surface area contributed by atoms with Crippen LogP contribution in [0.1, 0.15) is 31.2 Å². The van der Waals surface area contributed by atoms with Gasteiger partial charge in [-0.3, -0.25) is 9.79 Å². The van der Waals surface area contributed by atoms with Crippen LogP contribution in [0.5, 0.6) is 0 Å². The highest BCUT2D eigenvalue weighted by Crippen LogP contribution is 2.45. The van der Waals surface area contributed by atoms with E-state index in [9.17, 15) is 9.18 Å². The highest BCUT2D eigenvalue weighted by molar-refractivity contribution is 6.07. The number of carbonyl (C=O) groups excluding carboxylic acids is 1. The summed E-state index contributed by atoms with van der Waals surface area (Å²) in [6.45, 7) is 4.28. The van der Waals surface area contributed by atoms with Gasteiger partial charge in [0, 0.05) is 30.4 Å². The molecule has 168 valence electrons. The molecule has 5 rings (SSSR count). The lowest BCUT2D eigenvalue weighted by molar-refractivity contribution is -0.122. The first kappa shape index (κ1) is 20.7. The summed E-state index contributed by atoms with van der Waals surface area (Å²) >= 11 is 0. The number of amidine groups is 1. The maximum Gasteiger partial charge on any atom is 0.223 e. The van der Waals surface area contributed by atoms with E-state index in [1.54, 1.807) is 0 Å². The van der Waals surface area contributed by atoms with Gasteiger partial charge in [0.1, 0.15) is 11.7 Å². The maximum atomic E-state index is 14.3. The number of amides is 1. The second kappa shape index (κ2) is 8.41. The quantitative estimate of drug-likeness (QED) is 0.632. The monoisotopic (exact) mass is 436 g/mol. The number of halogens is 1. The molecule has 2 aliphatic heterocycles. The largest absolute Gasteiger partial charge is 0.371 e. The number of nitrogens with zero attached hydrogens (tertiary/aromatic N) is 3. The SMILES string of the molecule is Cc1cc(NC2=NC=C(F)CC(=NC3C4C=CC(C4)C3C(N)=O)N2)ccc1N1CCCC1. The Labute approximate surface area is 187 Å². The topological polar surface area (TPSA) is 95.1 Å². The molecule has 2 bridgehead atoms. The summed E-state index contributed by atoms with van der Waals surface area (Å²) in [5.74, 6) is 0.0647. The van der Waals surface area contributed by atoms with Gasteiger partial charge in [-0.15, -0.1) is 0 Å². The van der Waals surface area contributed by atoms with Gasteiger partial charge >= 0.3 is 0 Å². The van der Waals surface area contributed by atoms with Gasteiger partial charge in [0.05, 0.1) is 24.6 Å². The molecule has 2 heterocycles. The number of primary amides is 1. The van der Waals surface area contributed by atoms with Gasteiger partial charge in [-0.25, -0.2) is 9.38 Å². The number of allylic oxidation sites excluding steroid dienone is 1. The zero-order valence-electron chi connectivity index (χ0n) is 18.2. The van der Waals surface area contributed by atoms with E-state index in [1.807, 2.05) is 6.07 Å². The summed E-state index contributed by atoms with van der Waals surface area (Å²) < 4.78 is 14.3. The number of anilines is 2. The first-order valence-corrected chi connectivity index (χ1v) is 11.3. The van der Waals surface area contributed by atoms with E-state index < -0.39 is 0 Å². The second-order valence-corrected chi connectivity index (χ2v) is 9.12. The summed E-state index contributed by atoms with van der Waals surface area (Å²) in [5, 5.41) is 6.39. The minimum atomic E-state index is -0.386. The van der Waals surface area contributed by atoms with Crippen molar-refractivity contribution in [3.8, 4) is 0 Å². The summed E-state index contributed by atoms with van der Waals surface area (Å²) in [6, 6.07) is 5.93. The smallest absolute Gasteiger partial charge is 0.223 e. The van der Waals surface area contributed by atoms with Crippen molar-refractivity contribution in [1.82, 2.24) is 5.32 Å². The van der Waals surface area contributed by atoms with Crippen molar-refractivity contribution in [2.75, 3.05) is 23.3 Å². The van der Waals surface area contributed by atoms with Crippen LogP contribution in [0.15, 0.2) is 52.4 Å². The van der Waals surface area contributed by atoms with Crippen molar-refractivity contribution in [3.63, 3.8) is 0 Å². The number of rotatable bonds is 4. The van der Waals surface area contributed by atoms with E-state index in [4.69, 9.17) is 10.7 Å². The van der Waals surface area contributed by atoms with Crippen molar-refractivity contribution >= 4 is 29.1 Å². The molecule has 0 radical (unpaired) electrons. The van der Waals surface area contributed by atoms with Crippen molar-refractivity contribution < 1.29 is 9.18 Å². The van der Waals surface area contributed by atoms with Crippen LogP contribution in [0, 0.1) is 24.7 Å². The molecule has 4 atom stereocenters. The third kappa shape index (κ3) is 4.01. The Morgan fingerprint density at radius 3 is 2.81 bits per heavy atom. The Hall–Kier alpha value is -3.16. The highest BCUT2D eigenvalue weighted by atomic mass is 19.1. The number of nitrogens with one attached hydrogen (secondary N) is 2. The minimum absolute atomic E-state index is 0.00465. The van der Waals surface area contributed by atoms with Crippen LogP contribution in [-0.4, -0.2) is 36.8 Å². The first-order chi connectivity index (χ1) is 15.5. The van der Waals surface area contributed by atoms with E-state index in [-0.39, 0.29) is 42.0 Å². The van der Waals surface area contributed by atoms with Crippen molar-refractivity contribution in [1.29, 1.82) is 0 Å². The molecule has 1 aromatic carbocycles. The van der Waals surface area contributed by atoms with Crippen LogP contribution in [0.2, 0.25) is 0 Å². The fourth-order valence-electron chi connectivity index (χ4n) is 5.41. The molecule has 8 heteroatoms. The van der Waals surface area contributed by atoms with E-state index in [0.717, 1.165) is 25.2 Å². The molecule has 1 saturated carbocycles. The fraction of sp³-hybridized carbons (Fsp3) is 0.458. The van der Waals surface area contributed by atoms with Crippen LogP contribution < -0.4 is 21.3 Å². The second-order valence-electron chi connectivity index (χ2n) is 9.12. The van der Waals surface area contributed by atoms with Crippen molar-refractivity contribution in [2.24, 2.45) is 33.5 Å². The standard InChI is InChI=1S/C24H29FN6O/c1-14-10-18(6-7-19(14)31-8-2-3-9-31)28-24-27-13-17(25)12-20(30-24)29-22-16-5-4-15(11-16)21(22)23(26)32/h4-7,10,13,15-16,21-22H,2-3,8-9,11-12H2,1H3,(H2,26,32)(H2,27,28,29,30). The maximum absolute atomic E-state index is 14.3. The van der Waals surface area contributed by atoms with Gasteiger partial charge in [-0.2, -0.15) is 0 Å². The molecule has 4 N–H and O–H groups in total. The summed E-state index contributed by atoms with van der Waals surface area (Å²) in [5.41, 5.74) is 8.95. The normalized spacial score (nSPS) is 30.2. The molecule has 0 aromatic heterocycles. The van der Waals surface area contributed by atoms with Gasteiger partial charge in [-0.05, 0) is 55.9 Å². The Morgan fingerprint density at radius 1 is 1.28 bits per heavy atom. The van der Waals surface area contributed by atoms with E-state index in [0.29, 0.717) is 11.8 Å². The van der Waals surface area contributed by atoms with Gasteiger partial charge in [0.25, 0.3) is 0 Å². The zero-order chi connectivity index (χ0) is 22.2. The first-order valence-electron chi connectivity index (χ1n) is 11.3. The van der Waals surface area contributed by atoms with E-state index in [2.05, 4.69) is 51.7 Å². The molecule has 4 unspecified atom stereocenters. The van der Waals surface area contributed by atoms with Crippen molar-refractivity contribution in [3.05, 3.63) is 47.9 Å². The number of hydrogen-bond acceptors (Lipinski definition) is 5. The van der Waals surface area contributed by atoms with Crippen molar-refractivity contribution in [2.45, 2.75) is 38.6 Å². The summed E-state index contributed by atoms with van der Waals surface area (Å²) in [6.07, 6.45) is 8.69. The number of hydrogen-bond donors (Lipinski definition) is 3. The lowest BCUT2D eigenvalue weighted by Crippen LogP contribution is -2.39. The molecule has 2 fully saturated rings. The lowest BCUT2D eigenvalue weighted by atomic mass is 9.88. The molecule has 7 nitrogen and oxygen atoms in total. The van der Waals surface area contributed by atoms with E-state index >= 15 is 0 Å². The number of benzene rings is 1. The fourth-order valence-corrected chi connectivity index (χ4v) is 5.41. The summed E-state index contributed by atoms with van der Waals surface area (Å²) in [4.78, 5) is 23.4. The Morgan fingerprint density at radius 2 is 2.06 bits per heavy atom. The van der Waals surface area contributed by atoms with Gasteiger partial charge in [0.15, 0.2) is 0 Å². The minimum Gasteiger partial charge on any atom is -0.371 e. The molecule has 1 saturated heterocycles. The molecule has 1 aromatic rings. The Bertz CT molecular complexity index is 1040. The highest BCUT2D eigenvalue weighted by Gasteiger charge is 2.47. The molecule has 1 amide bonds. The number of guanidine groups is 1. The zero-order valence-corrected chi connectivity index (χ0v) is 18.2. The van der Waals surface area contributed by atoms with Crippen LogP contribution in [-0.2, 0) is 4.79 Å². The molecule has 32 heavy (non-hydrogen) atoms. The lowest BCUT2D eigenvalue weighted by Gasteiger charge is -2.23. The third-order valence-corrected chi connectivity index (χ3v) is 6.89. The molecular weight excluding hydrogens is 407 g/mol. The molecule has 0 spiro atoms. The Kier molecular flexibility index (Phi) is 5.45. The number of carbonyl (C=O) groups is 1. The van der Waals surface area contributed by atoms with Gasteiger partial charge in [0.2, 0.25) is 11.9 Å². The third-order valence-electron chi connectivity index (χ3n) is 6.89. The van der Waals surface area contributed by atoms with Crippen LogP contribution in [0.3, 0.4) is 0 Å². The Balaban J connectivity index is 1.34. The van der Waals surface area contributed by atoms with Gasteiger partial charge in [-0.1, -0.05) is 12.2 Å². The number of nitrogens with two attached hydrogens (primary N) is 1. The predicted octanol–water partition coefficient (Wildman–Crippen LogP) is 3.24. The number of aliphatic imine (C=N–C) groups is 2.